The standard InChI is InChI=1S/C11H11BrF2N2O/c12-7-5-9(14)10(6-8(7)13)15-11(17)16-3-1-2-4-16/h5-6H,1-4H2,(H,15,17). The van der Waals surface area contributed by atoms with Crippen LogP contribution in [0.4, 0.5) is 19.3 Å². The molecule has 6 heteroatoms. The number of hydrogen-bond acceptors (Lipinski definition) is 1. The number of carbonyl (C=O) groups is 1. The first kappa shape index (κ1) is 12.3. The molecule has 1 heterocycles. The van der Waals surface area contributed by atoms with E-state index >= 15 is 0 Å². The molecule has 3 nitrogen and oxygen atoms in total. The zero-order valence-corrected chi connectivity index (χ0v) is 10.6. The first-order valence-corrected chi connectivity index (χ1v) is 6.07. The van der Waals surface area contributed by atoms with Crippen molar-refractivity contribution in [3.8, 4) is 0 Å². The molecule has 1 fully saturated rings. The molecular weight excluding hydrogens is 294 g/mol. The number of benzene rings is 1. The third kappa shape index (κ3) is 2.74. The number of halogens is 3. The van der Waals surface area contributed by atoms with E-state index in [0.29, 0.717) is 13.1 Å². The van der Waals surface area contributed by atoms with Gasteiger partial charge in [-0.25, -0.2) is 13.6 Å². The molecule has 0 atom stereocenters. The summed E-state index contributed by atoms with van der Waals surface area (Å²) < 4.78 is 26.7. The lowest BCUT2D eigenvalue weighted by Gasteiger charge is -2.16. The zero-order valence-electron chi connectivity index (χ0n) is 8.97. The van der Waals surface area contributed by atoms with Gasteiger partial charge in [0.1, 0.15) is 11.6 Å². The third-order valence-electron chi connectivity index (χ3n) is 2.64. The van der Waals surface area contributed by atoms with Crippen LogP contribution in [-0.2, 0) is 0 Å². The maximum atomic E-state index is 13.4. The third-order valence-corrected chi connectivity index (χ3v) is 3.25. The van der Waals surface area contributed by atoms with Crippen LogP contribution in [0.3, 0.4) is 0 Å². The Kier molecular flexibility index (Phi) is 3.61. The maximum absolute atomic E-state index is 13.4. The van der Waals surface area contributed by atoms with Crippen molar-refractivity contribution in [2.75, 3.05) is 18.4 Å². The number of rotatable bonds is 1. The fourth-order valence-electron chi connectivity index (χ4n) is 1.73. The first-order valence-electron chi connectivity index (χ1n) is 5.28. The Bertz CT molecular complexity index is 447. The summed E-state index contributed by atoms with van der Waals surface area (Å²) in [6.45, 7) is 1.32. The molecule has 0 aromatic heterocycles. The highest BCUT2D eigenvalue weighted by molar-refractivity contribution is 9.10. The molecule has 1 aromatic rings. The highest BCUT2D eigenvalue weighted by atomic mass is 79.9. The monoisotopic (exact) mass is 304 g/mol. The van der Waals surface area contributed by atoms with E-state index in [-0.39, 0.29) is 16.2 Å². The van der Waals surface area contributed by atoms with E-state index in [1.54, 1.807) is 4.90 Å². The number of amides is 2. The molecule has 0 bridgehead atoms. The van der Waals surface area contributed by atoms with Gasteiger partial charge >= 0.3 is 6.03 Å². The van der Waals surface area contributed by atoms with Crippen LogP contribution in [0.15, 0.2) is 16.6 Å². The average Bonchev–Trinajstić information content (AvgIpc) is 2.79. The van der Waals surface area contributed by atoms with Gasteiger partial charge in [-0.3, -0.25) is 0 Å². The predicted octanol–water partition coefficient (Wildman–Crippen LogP) is 3.36. The zero-order chi connectivity index (χ0) is 12.4. The molecule has 1 aliphatic rings. The van der Waals surface area contributed by atoms with E-state index in [1.165, 1.54) is 0 Å². The summed E-state index contributed by atoms with van der Waals surface area (Å²) in [5.41, 5.74) is -0.136. The van der Waals surface area contributed by atoms with E-state index < -0.39 is 11.6 Å². The number of hydrogen-bond donors (Lipinski definition) is 1. The Morgan fingerprint density at radius 3 is 2.53 bits per heavy atom. The van der Waals surface area contributed by atoms with Gasteiger partial charge < -0.3 is 10.2 Å². The van der Waals surface area contributed by atoms with Crippen molar-refractivity contribution >= 4 is 27.6 Å². The van der Waals surface area contributed by atoms with E-state index in [1.807, 2.05) is 0 Å². The Labute approximate surface area is 106 Å². The molecule has 1 N–H and O–H groups in total. The molecule has 1 saturated heterocycles. The number of likely N-dealkylation sites (tertiary alicyclic amines) is 1. The van der Waals surface area contributed by atoms with Crippen molar-refractivity contribution in [3.05, 3.63) is 28.2 Å². The normalized spacial score (nSPS) is 15.1. The van der Waals surface area contributed by atoms with Gasteiger partial charge in [-0.2, -0.15) is 0 Å². The summed E-state index contributed by atoms with van der Waals surface area (Å²) in [7, 11) is 0. The summed E-state index contributed by atoms with van der Waals surface area (Å²) in [5, 5.41) is 2.37. The molecule has 1 aromatic carbocycles. The molecule has 2 amide bonds. The second-order valence-corrected chi connectivity index (χ2v) is 4.72. The summed E-state index contributed by atoms with van der Waals surface area (Å²) in [6.07, 6.45) is 1.90. The molecule has 0 spiro atoms. The molecule has 0 radical (unpaired) electrons. The van der Waals surface area contributed by atoms with E-state index in [4.69, 9.17) is 0 Å². The van der Waals surface area contributed by atoms with Gasteiger partial charge in [0, 0.05) is 19.2 Å². The van der Waals surface area contributed by atoms with Crippen LogP contribution < -0.4 is 5.32 Å². The predicted molar refractivity (Wildman–Crippen MR) is 63.9 cm³/mol. The second kappa shape index (κ2) is 5.00. The smallest absolute Gasteiger partial charge is 0.321 e. The van der Waals surface area contributed by atoms with Crippen molar-refractivity contribution in [1.29, 1.82) is 0 Å². The maximum Gasteiger partial charge on any atom is 0.321 e. The minimum Gasteiger partial charge on any atom is -0.325 e. The van der Waals surface area contributed by atoms with Gasteiger partial charge in [-0.1, -0.05) is 0 Å². The summed E-state index contributed by atoms with van der Waals surface area (Å²) >= 11 is 2.87. The Morgan fingerprint density at radius 2 is 1.88 bits per heavy atom. The van der Waals surface area contributed by atoms with Gasteiger partial charge in [-0.15, -0.1) is 0 Å². The van der Waals surface area contributed by atoms with Crippen LogP contribution in [0.25, 0.3) is 0 Å². The molecular formula is C11H11BrF2N2O. The molecule has 1 aliphatic heterocycles. The van der Waals surface area contributed by atoms with Crippen molar-refractivity contribution in [1.82, 2.24) is 4.90 Å². The topological polar surface area (TPSA) is 32.3 Å². The molecule has 0 unspecified atom stereocenters. The van der Waals surface area contributed by atoms with Crippen LogP contribution in [0.2, 0.25) is 0 Å². The lowest BCUT2D eigenvalue weighted by atomic mass is 10.3. The fourth-order valence-corrected chi connectivity index (χ4v) is 2.05. The van der Waals surface area contributed by atoms with E-state index in [9.17, 15) is 13.6 Å². The summed E-state index contributed by atoms with van der Waals surface area (Å²) in [5.74, 6) is -1.27. The molecule has 92 valence electrons. The largest absolute Gasteiger partial charge is 0.325 e. The van der Waals surface area contributed by atoms with E-state index in [2.05, 4.69) is 21.2 Å². The molecule has 2 rings (SSSR count). The number of anilines is 1. The summed E-state index contributed by atoms with van der Waals surface area (Å²) in [4.78, 5) is 13.3. The Hall–Kier alpha value is -1.17. The second-order valence-electron chi connectivity index (χ2n) is 3.87. The van der Waals surface area contributed by atoms with Gasteiger partial charge in [-0.05, 0) is 34.8 Å². The quantitative estimate of drug-likeness (QED) is 0.793. The lowest BCUT2D eigenvalue weighted by Crippen LogP contribution is -2.32. The molecule has 0 aliphatic carbocycles. The number of carbonyl (C=O) groups excluding carboxylic acids is 1. The minimum absolute atomic E-state index is 0.0363. The average molecular weight is 305 g/mol. The highest BCUT2D eigenvalue weighted by Gasteiger charge is 2.19. The van der Waals surface area contributed by atoms with Crippen molar-refractivity contribution < 1.29 is 13.6 Å². The van der Waals surface area contributed by atoms with Gasteiger partial charge in [0.05, 0.1) is 10.2 Å². The van der Waals surface area contributed by atoms with Gasteiger partial charge in [0.2, 0.25) is 0 Å². The van der Waals surface area contributed by atoms with Crippen LogP contribution in [0.5, 0.6) is 0 Å². The fraction of sp³-hybridized carbons (Fsp3) is 0.364. The molecule has 17 heavy (non-hydrogen) atoms. The number of urea groups is 1. The van der Waals surface area contributed by atoms with Gasteiger partial charge in [0.15, 0.2) is 0 Å². The van der Waals surface area contributed by atoms with Crippen LogP contribution >= 0.6 is 15.9 Å². The SMILES string of the molecule is O=C(Nc1cc(F)c(Br)cc1F)N1CCCC1. The van der Waals surface area contributed by atoms with E-state index in [0.717, 1.165) is 25.0 Å². The van der Waals surface area contributed by atoms with Crippen molar-refractivity contribution in [2.24, 2.45) is 0 Å². The number of nitrogens with one attached hydrogen (secondary N) is 1. The Morgan fingerprint density at radius 1 is 1.24 bits per heavy atom. The van der Waals surface area contributed by atoms with Crippen molar-refractivity contribution in [3.63, 3.8) is 0 Å². The van der Waals surface area contributed by atoms with Crippen LogP contribution in [0.1, 0.15) is 12.8 Å². The minimum atomic E-state index is -0.661. The Balaban J connectivity index is 2.12. The van der Waals surface area contributed by atoms with Crippen molar-refractivity contribution in [2.45, 2.75) is 12.8 Å². The number of nitrogens with zero attached hydrogens (tertiary/aromatic N) is 1. The lowest BCUT2D eigenvalue weighted by molar-refractivity contribution is 0.222. The van der Waals surface area contributed by atoms with Gasteiger partial charge in [0.25, 0.3) is 0 Å². The first-order chi connectivity index (χ1) is 8.08. The summed E-state index contributed by atoms with van der Waals surface area (Å²) in [6, 6.07) is 1.57. The van der Waals surface area contributed by atoms with Crippen LogP contribution in [0, 0.1) is 11.6 Å². The molecule has 0 saturated carbocycles. The highest BCUT2D eigenvalue weighted by Crippen LogP contribution is 2.23. The van der Waals surface area contributed by atoms with Crippen LogP contribution in [-0.4, -0.2) is 24.0 Å².